The molecule has 1 heterocycles. The Bertz CT molecular complexity index is 982. The van der Waals surface area contributed by atoms with Gasteiger partial charge in [-0.2, -0.15) is 0 Å². The number of rotatable bonds is 5. The molecule has 1 aromatic heterocycles. The zero-order valence-corrected chi connectivity index (χ0v) is 15.1. The average Bonchev–Trinajstić information content (AvgIpc) is 3.16. The van der Waals surface area contributed by atoms with Crippen LogP contribution >= 0.6 is 15.9 Å². The van der Waals surface area contributed by atoms with Crippen LogP contribution in [0, 0.1) is 0 Å². The first-order chi connectivity index (χ1) is 12.3. The quantitative estimate of drug-likeness (QED) is 0.440. The van der Waals surface area contributed by atoms with Gasteiger partial charge in [0.2, 0.25) is 0 Å². The van der Waals surface area contributed by atoms with Crippen molar-refractivity contribution in [2.75, 3.05) is 0 Å². The number of hydrogen-bond acceptors (Lipinski definition) is 2. The summed E-state index contributed by atoms with van der Waals surface area (Å²) < 4.78 is 9.35. The smallest absolute Gasteiger partial charge is 0.142 e. The van der Waals surface area contributed by atoms with Gasteiger partial charge in [-0.25, -0.2) is 4.98 Å². The molecule has 124 valence electrons. The summed E-state index contributed by atoms with van der Waals surface area (Å²) in [6.07, 6.45) is 5.45. The zero-order chi connectivity index (χ0) is 17.1. The van der Waals surface area contributed by atoms with Gasteiger partial charge in [-0.1, -0.05) is 48.5 Å². The molecule has 0 radical (unpaired) electrons. The van der Waals surface area contributed by atoms with Gasteiger partial charge in [0.05, 0.1) is 17.3 Å². The van der Waals surface area contributed by atoms with Crippen molar-refractivity contribution in [1.82, 2.24) is 9.55 Å². The Labute approximate surface area is 155 Å². The van der Waals surface area contributed by atoms with Crippen LogP contribution in [0.25, 0.3) is 10.8 Å². The molecule has 1 unspecified atom stereocenters. The predicted octanol–water partition coefficient (Wildman–Crippen LogP) is 5.62. The topological polar surface area (TPSA) is 27.1 Å². The fourth-order valence-corrected chi connectivity index (χ4v) is 3.28. The van der Waals surface area contributed by atoms with Gasteiger partial charge in [-0.05, 0) is 50.5 Å². The summed E-state index contributed by atoms with van der Waals surface area (Å²) in [4.78, 5) is 4.14. The summed E-state index contributed by atoms with van der Waals surface area (Å²) >= 11 is 3.57. The second-order valence-corrected chi connectivity index (χ2v) is 6.76. The summed E-state index contributed by atoms with van der Waals surface area (Å²) in [6.45, 7) is 0.694. The van der Waals surface area contributed by atoms with E-state index in [1.807, 2.05) is 41.4 Å². The maximum Gasteiger partial charge on any atom is 0.142 e. The highest BCUT2D eigenvalue weighted by Gasteiger charge is 2.16. The molecule has 4 rings (SSSR count). The van der Waals surface area contributed by atoms with Crippen LogP contribution in [0.5, 0.6) is 5.75 Å². The van der Waals surface area contributed by atoms with Crippen LogP contribution in [0.15, 0.2) is 89.9 Å². The molecule has 0 aliphatic heterocycles. The summed E-state index contributed by atoms with van der Waals surface area (Å²) in [7, 11) is 0. The van der Waals surface area contributed by atoms with Crippen LogP contribution in [0.3, 0.4) is 0 Å². The highest BCUT2D eigenvalue weighted by molar-refractivity contribution is 9.10. The zero-order valence-electron chi connectivity index (χ0n) is 13.5. The second-order valence-electron chi connectivity index (χ2n) is 5.90. The van der Waals surface area contributed by atoms with E-state index in [4.69, 9.17) is 4.74 Å². The van der Waals surface area contributed by atoms with E-state index in [0.717, 1.165) is 15.8 Å². The lowest BCUT2D eigenvalue weighted by Crippen LogP contribution is -2.15. The molecular weight excluding hydrogens is 376 g/mol. The minimum atomic E-state index is -0.113. The summed E-state index contributed by atoms with van der Waals surface area (Å²) in [5.41, 5.74) is 1.14. The Hall–Kier alpha value is -2.59. The van der Waals surface area contributed by atoms with Crippen molar-refractivity contribution in [1.29, 1.82) is 0 Å². The second kappa shape index (κ2) is 7.11. The van der Waals surface area contributed by atoms with E-state index in [2.05, 4.69) is 63.4 Å². The molecule has 0 aliphatic rings. The normalized spacial score (nSPS) is 12.2. The van der Waals surface area contributed by atoms with Crippen LogP contribution in [0.1, 0.15) is 11.7 Å². The molecular formula is C21H17BrN2O. The number of fused-ring (bicyclic) bond motifs is 1. The minimum absolute atomic E-state index is 0.113. The predicted molar refractivity (Wildman–Crippen MR) is 104 cm³/mol. The van der Waals surface area contributed by atoms with Crippen molar-refractivity contribution in [3.8, 4) is 5.75 Å². The number of hydrogen-bond donors (Lipinski definition) is 0. The van der Waals surface area contributed by atoms with Crippen molar-refractivity contribution in [3.63, 3.8) is 0 Å². The standard InChI is InChI=1S/C21H17BrN2O/c22-19-7-3-4-8-20(19)25-21(14-24-12-11-23-15-24)18-10-9-16-5-1-2-6-17(16)13-18/h1-13,15,21H,14H2. The molecule has 0 spiro atoms. The fourth-order valence-electron chi connectivity index (χ4n) is 2.90. The highest BCUT2D eigenvalue weighted by Crippen LogP contribution is 2.31. The molecule has 4 heteroatoms. The Morgan fingerprint density at radius 3 is 2.56 bits per heavy atom. The summed E-state index contributed by atoms with van der Waals surface area (Å²) in [6, 6.07) is 22.8. The van der Waals surface area contributed by atoms with Crippen molar-refractivity contribution >= 4 is 26.7 Å². The third kappa shape index (κ3) is 3.59. The van der Waals surface area contributed by atoms with E-state index in [1.54, 1.807) is 6.20 Å². The first-order valence-corrected chi connectivity index (χ1v) is 8.94. The Morgan fingerprint density at radius 1 is 0.960 bits per heavy atom. The van der Waals surface area contributed by atoms with E-state index >= 15 is 0 Å². The Kier molecular flexibility index (Phi) is 4.53. The van der Waals surface area contributed by atoms with Gasteiger partial charge < -0.3 is 9.30 Å². The first kappa shape index (κ1) is 15.9. The fraction of sp³-hybridized carbons (Fsp3) is 0.0952. The number of halogens is 1. The Morgan fingerprint density at radius 2 is 1.76 bits per heavy atom. The van der Waals surface area contributed by atoms with E-state index in [0.29, 0.717) is 6.54 Å². The molecule has 0 saturated carbocycles. The van der Waals surface area contributed by atoms with Crippen LogP contribution in [-0.4, -0.2) is 9.55 Å². The Balaban J connectivity index is 1.71. The minimum Gasteiger partial charge on any atom is -0.483 e. The molecule has 25 heavy (non-hydrogen) atoms. The van der Waals surface area contributed by atoms with E-state index < -0.39 is 0 Å². The number of imidazole rings is 1. The number of para-hydroxylation sites is 1. The van der Waals surface area contributed by atoms with Crippen LogP contribution < -0.4 is 4.74 Å². The SMILES string of the molecule is Brc1ccccc1OC(Cn1ccnc1)c1ccc2ccccc2c1. The van der Waals surface area contributed by atoms with E-state index in [9.17, 15) is 0 Å². The summed E-state index contributed by atoms with van der Waals surface area (Å²) in [5.74, 6) is 0.834. The molecule has 0 aliphatic carbocycles. The van der Waals surface area contributed by atoms with Crippen molar-refractivity contribution in [2.24, 2.45) is 0 Å². The molecule has 4 aromatic rings. The third-order valence-electron chi connectivity index (χ3n) is 4.19. The average molecular weight is 393 g/mol. The summed E-state index contributed by atoms with van der Waals surface area (Å²) in [5, 5.41) is 2.44. The van der Waals surface area contributed by atoms with Crippen LogP contribution in [0.4, 0.5) is 0 Å². The van der Waals surface area contributed by atoms with Crippen molar-refractivity contribution in [3.05, 3.63) is 95.5 Å². The number of aromatic nitrogens is 2. The van der Waals surface area contributed by atoms with E-state index in [1.165, 1.54) is 10.8 Å². The largest absolute Gasteiger partial charge is 0.483 e. The lowest BCUT2D eigenvalue weighted by atomic mass is 10.0. The maximum atomic E-state index is 6.36. The molecule has 0 amide bonds. The van der Waals surface area contributed by atoms with Crippen LogP contribution in [0.2, 0.25) is 0 Å². The molecule has 3 nitrogen and oxygen atoms in total. The molecule has 0 saturated heterocycles. The van der Waals surface area contributed by atoms with Gasteiger partial charge in [-0.15, -0.1) is 0 Å². The number of nitrogens with zero attached hydrogens (tertiary/aromatic N) is 2. The first-order valence-electron chi connectivity index (χ1n) is 8.15. The van der Waals surface area contributed by atoms with Gasteiger partial charge in [0.1, 0.15) is 11.9 Å². The van der Waals surface area contributed by atoms with Crippen molar-refractivity contribution in [2.45, 2.75) is 12.6 Å². The van der Waals surface area contributed by atoms with Crippen LogP contribution in [-0.2, 0) is 6.54 Å². The van der Waals surface area contributed by atoms with Gasteiger partial charge in [0.25, 0.3) is 0 Å². The number of ether oxygens (including phenoxy) is 1. The lowest BCUT2D eigenvalue weighted by molar-refractivity contribution is 0.182. The monoisotopic (exact) mass is 392 g/mol. The van der Waals surface area contributed by atoms with Gasteiger partial charge in [0, 0.05) is 12.4 Å². The molecule has 1 atom stereocenters. The van der Waals surface area contributed by atoms with Gasteiger partial charge in [0.15, 0.2) is 0 Å². The molecule has 0 N–H and O–H groups in total. The maximum absolute atomic E-state index is 6.36. The lowest BCUT2D eigenvalue weighted by Gasteiger charge is -2.21. The highest BCUT2D eigenvalue weighted by atomic mass is 79.9. The van der Waals surface area contributed by atoms with Crippen molar-refractivity contribution < 1.29 is 4.74 Å². The van der Waals surface area contributed by atoms with Gasteiger partial charge >= 0.3 is 0 Å². The van der Waals surface area contributed by atoms with E-state index in [-0.39, 0.29) is 6.10 Å². The third-order valence-corrected chi connectivity index (χ3v) is 4.84. The molecule has 3 aromatic carbocycles. The molecule has 0 bridgehead atoms. The number of benzene rings is 3. The van der Waals surface area contributed by atoms with Gasteiger partial charge in [-0.3, -0.25) is 0 Å². The molecule has 0 fully saturated rings.